The van der Waals surface area contributed by atoms with Gasteiger partial charge in [-0.25, -0.2) is 4.39 Å². The summed E-state index contributed by atoms with van der Waals surface area (Å²) in [7, 11) is 0. The van der Waals surface area contributed by atoms with Gasteiger partial charge in [0.1, 0.15) is 11.6 Å². The van der Waals surface area contributed by atoms with Gasteiger partial charge in [0.25, 0.3) is 5.91 Å². The van der Waals surface area contributed by atoms with Gasteiger partial charge in [-0.3, -0.25) is 14.6 Å². The van der Waals surface area contributed by atoms with E-state index in [0.29, 0.717) is 44.1 Å². The molecule has 5 rings (SSSR count). The molecule has 0 atom stereocenters. The van der Waals surface area contributed by atoms with Crippen molar-refractivity contribution in [3.05, 3.63) is 59.2 Å². The van der Waals surface area contributed by atoms with Crippen LogP contribution in [-0.4, -0.2) is 28.9 Å². The molecule has 2 N–H and O–H groups in total. The zero-order valence-electron chi connectivity index (χ0n) is 19.3. The maximum absolute atomic E-state index is 13.7. The Kier molecular flexibility index (Phi) is 6.75. The Morgan fingerprint density at radius 2 is 1.74 bits per heavy atom. The molecule has 6 nitrogen and oxygen atoms in total. The number of amides is 2. The Bertz CT molecular complexity index is 1090. The molecule has 0 saturated heterocycles. The summed E-state index contributed by atoms with van der Waals surface area (Å²) >= 11 is 0. The Balaban J connectivity index is 1.28. The number of pyridine rings is 1. The van der Waals surface area contributed by atoms with E-state index in [9.17, 15) is 27.2 Å². The van der Waals surface area contributed by atoms with Crippen LogP contribution in [0.5, 0.6) is 5.75 Å². The number of hydrogen-bond acceptors (Lipinski definition) is 4. The zero-order valence-corrected chi connectivity index (χ0v) is 19.3. The number of ether oxygens (including phenoxy) is 1. The van der Waals surface area contributed by atoms with Gasteiger partial charge in [-0.2, -0.15) is 13.2 Å². The minimum Gasteiger partial charge on any atom is -0.484 e. The quantitative estimate of drug-likeness (QED) is 0.559. The summed E-state index contributed by atoms with van der Waals surface area (Å²) in [5.74, 6) is -0.625. The third-order valence-electron chi connectivity index (χ3n) is 7.22. The monoisotopic (exact) mass is 493 g/mol. The van der Waals surface area contributed by atoms with Gasteiger partial charge in [0.15, 0.2) is 6.61 Å². The molecule has 1 aromatic carbocycles. The Hall–Kier alpha value is -3.17. The van der Waals surface area contributed by atoms with E-state index in [2.05, 4.69) is 15.6 Å². The Labute approximate surface area is 200 Å². The number of nitrogens with one attached hydrogen (secondary N) is 2. The van der Waals surface area contributed by atoms with Crippen molar-refractivity contribution in [1.82, 2.24) is 15.6 Å². The summed E-state index contributed by atoms with van der Waals surface area (Å²) in [6.07, 6.45) is 0.174. The van der Waals surface area contributed by atoms with Crippen LogP contribution in [0.2, 0.25) is 0 Å². The van der Waals surface area contributed by atoms with Crippen molar-refractivity contribution >= 4 is 11.8 Å². The molecule has 2 bridgehead atoms. The van der Waals surface area contributed by atoms with E-state index in [0.717, 1.165) is 18.3 Å². The molecular weight excluding hydrogens is 466 g/mol. The van der Waals surface area contributed by atoms with Gasteiger partial charge in [0.2, 0.25) is 5.91 Å². The molecule has 10 heteroatoms. The molecule has 0 radical (unpaired) electrons. The Morgan fingerprint density at radius 3 is 2.37 bits per heavy atom. The van der Waals surface area contributed by atoms with Crippen LogP contribution < -0.4 is 15.4 Å². The smallest absolute Gasteiger partial charge is 0.416 e. The van der Waals surface area contributed by atoms with Crippen LogP contribution in [0.4, 0.5) is 17.6 Å². The normalized spacial score (nSPS) is 23.6. The second-order valence-corrected chi connectivity index (χ2v) is 9.52. The predicted octanol–water partition coefficient (Wildman–Crippen LogP) is 4.45. The molecule has 3 fully saturated rings. The summed E-state index contributed by atoms with van der Waals surface area (Å²) in [6.45, 7) is 1.32. The fourth-order valence-electron chi connectivity index (χ4n) is 4.97. The lowest BCUT2D eigenvalue weighted by Crippen LogP contribution is -2.60. The summed E-state index contributed by atoms with van der Waals surface area (Å²) < 4.78 is 57.8. The van der Waals surface area contributed by atoms with Gasteiger partial charge < -0.3 is 15.4 Å². The molecule has 2 aromatic rings. The molecule has 0 spiro atoms. The highest BCUT2D eigenvalue weighted by molar-refractivity contribution is 5.83. The van der Waals surface area contributed by atoms with Crippen molar-refractivity contribution in [2.75, 3.05) is 6.61 Å². The van der Waals surface area contributed by atoms with Crippen molar-refractivity contribution in [3.8, 4) is 5.75 Å². The fourth-order valence-corrected chi connectivity index (χ4v) is 4.97. The molecule has 188 valence electrons. The second kappa shape index (κ2) is 9.47. The molecule has 0 aliphatic heterocycles. The van der Waals surface area contributed by atoms with Crippen LogP contribution in [0, 0.1) is 18.2 Å². The zero-order chi connectivity index (χ0) is 25.3. The number of alkyl halides is 3. The van der Waals surface area contributed by atoms with Gasteiger partial charge >= 0.3 is 6.18 Å². The van der Waals surface area contributed by atoms with Crippen molar-refractivity contribution in [3.63, 3.8) is 0 Å². The molecule has 2 amide bonds. The van der Waals surface area contributed by atoms with E-state index in [1.165, 1.54) is 6.07 Å². The third kappa shape index (κ3) is 5.57. The van der Waals surface area contributed by atoms with E-state index >= 15 is 0 Å². The van der Waals surface area contributed by atoms with Crippen LogP contribution in [0.15, 0.2) is 36.5 Å². The van der Waals surface area contributed by atoms with Crippen molar-refractivity contribution in [2.45, 2.75) is 63.7 Å². The lowest BCUT2D eigenvalue weighted by molar-refractivity contribution is -0.140. The fraction of sp³-hybridized carbons (Fsp3) is 0.480. The molecular formula is C25H27F4N3O3. The number of rotatable bonds is 7. The first-order valence-corrected chi connectivity index (χ1v) is 11.5. The van der Waals surface area contributed by atoms with E-state index in [1.54, 1.807) is 19.1 Å². The van der Waals surface area contributed by atoms with Crippen LogP contribution >= 0.6 is 0 Å². The number of aromatic nitrogens is 1. The maximum Gasteiger partial charge on any atom is 0.416 e. The summed E-state index contributed by atoms with van der Waals surface area (Å²) in [6, 6.07) is 6.26. The number of fused-ring (bicyclic) bond motifs is 3. The van der Waals surface area contributed by atoms with E-state index in [1.807, 2.05) is 0 Å². The first-order valence-electron chi connectivity index (χ1n) is 11.5. The lowest BCUT2D eigenvalue weighted by Gasteiger charge is -2.52. The van der Waals surface area contributed by atoms with Crippen LogP contribution in [-0.2, 0) is 22.3 Å². The highest BCUT2D eigenvalue weighted by Crippen LogP contribution is 2.52. The number of carbonyl (C=O) groups is 2. The summed E-state index contributed by atoms with van der Waals surface area (Å²) in [5.41, 5.74) is -1.18. The largest absolute Gasteiger partial charge is 0.484 e. The second-order valence-electron chi connectivity index (χ2n) is 9.52. The van der Waals surface area contributed by atoms with Gasteiger partial charge in [-0.1, -0.05) is 6.07 Å². The number of halogens is 4. The Morgan fingerprint density at radius 1 is 1.06 bits per heavy atom. The van der Waals surface area contributed by atoms with Crippen LogP contribution in [0.1, 0.15) is 55.3 Å². The molecule has 3 aliphatic carbocycles. The molecule has 0 unspecified atom stereocenters. The topological polar surface area (TPSA) is 80.3 Å². The standard InChI is InChI=1S/C25H27F4N3O3/c1-16-2-3-19(13-20(16)26)35-15-21(33)32-24-8-5-23(6-9-24,7-10-24)22(34)31-14-18-12-17(4-11-30-18)25(27,28)29/h2-4,11-13H,5-10,14-15H2,1H3,(H,31,34)(H,32,33). The molecule has 35 heavy (non-hydrogen) atoms. The number of hydrogen-bond donors (Lipinski definition) is 2. The van der Waals surface area contributed by atoms with Gasteiger partial charge in [-0.05, 0) is 69.2 Å². The molecule has 1 aromatic heterocycles. The van der Waals surface area contributed by atoms with E-state index in [4.69, 9.17) is 4.74 Å². The molecule has 1 heterocycles. The first-order chi connectivity index (χ1) is 16.5. The number of aryl methyl sites for hydroxylation is 1. The molecule has 3 saturated carbocycles. The van der Waals surface area contributed by atoms with Crippen LogP contribution in [0.25, 0.3) is 0 Å². The van der Waals surface area contributed by atoms with Crippen molar-refractivity contribution in [1.29, 1.82) is 0 Å². The number of nitrogens with zero attached hydrogens (tertiary/aromatic N) is 1. The minimum atomic E-state index is -4.47. The van der Waals surface area contributed by atoms with Crippen molar-refractivity contribution in [2.24, 2.45) is 5.41 Å². The number of carbonyl (C=O) groups excluding carboxylic acids is 2. The average Bonchev–Trinajstić information content (AvgIpc) is 2.84. The predicted molar refractivity (Wildman–Crippen MR) is 119 cm³/mol. The maximum atomic E-state index is 13.7. The molecule has 3 aliphatic rings. The SMILES string of the molecule is Cc1ccc(OCC(=O)NC23CCC(C(=O)NCc4cc(C(F)(F)F)ccn4)(CC2)CC3)cc1F. The lowest BCUT2D eigenvalue weighted by atomic mass is 9.57. The average molecular weight is 494 g/mol. The first kappa shape index (κ1) is 24.9. The van der Waals surface area contributed by atoms with Gasteiger partial charge in [-0.15, -0.1) is 0 Å². The van der Waals surface area contributed by atoms with Gasteiger partial charge in [0.05, 0.1) is 17.8 Å². The number of benzene rings is 1. The van der Waals surface area contributed by atoms with Crippen molar-refractivity contribution < 1.29 is 31.9 Å². The third-order valence-corrected chi connectivity index (χ3v) is 7.22. The minimum absolute atomic E-state index is 0.0800. The van der Waals surface area contributed by atoms with Gasteiger partial charge in [0, 0.05) is 23.2 Å². The van der Waals surface area contributed by atoms with E-state index in [-0.39, 0.29) is 36.4 Å². The summed E-state index contributed by atoms with van der Waals surface area (Å²) in [4.78, 5) is 29.4. The van der Waals surface area contributed by atoms with Crippen LogP contribution in [0.3, 0.4) is 0 Å². The highest BCUT2D eigenvalue weighted by atomic mass is 19.4. The van der Waals surface area contributed by atoms with E-state index < -0.39 is 28.5 Å². The summed E-state index contributed by atoms with van der Waals surface area (Å²) in [5, 5.41) is 5.80. The highest BCUT2D eigenvalue weighted by Gasteiger charge is 2.52.